The zero-order valence-electron chi connectivity index (χ0n) is 19.4. The van der Waals surface area contributed by atoms with Crippen LogP contribution in [0.1, 0.15) is 24.5 Å². The summed E-state index contributed by atoms with van der Waals surface area (Å²) < 4.78 is 43.7. The molecular weight excluding hydrogens is 444 g/mol. The zero-order chi connectivity index (χ0) is 23.8. The van der Waals surface area contributed by atoms with Crippen LogP contribution < -0.4 is 14.8 Å². The molecule has 0 spiro atoms. The van der Waals surface area contributed by atoms with E-state index in [0.29, 0.717) is 50.6 Å². The molecule has 0 radical (unpaired) electrons. The van der Waals surface area contributed by atoms with Crippen LogP contribution >= 0.6 is 0 Å². The van der Waals surface area contributed by atoms with Gasteiger partial charge in [-0.05, 0) is 56.2 Å². The Morgan fingerprint density at radius 2 is 1.85 bits per heavy atom. The summed E-state index contributed by atoms with van der Waals surface area (Å²) in [6, 6.07) is 12.3. The molecular formula is C24H32N2O6S. The molecule has 1 saturated heterocycles. The van der Waals surface area contributed by atoms with Gasteiger partial charge < -0.3 is 19.5 Å². The van der Waals surface area contributed by atoms with Crippen LogP contribution in [0, 0.1) is 6.92 Å². The largest absolute Gasteiger partial charge is 0.496 e. The van der Waals surface area contributed by atoms with Crippen molar-refractivity contribution in [2.45, 2.75) is 37.6 Å². The molecule has 0 saturated carbocycles. The fraction of sp³-hybridized carbons (Fsp3) is 0.458. The summed E-state index contributed by atoms with van der Waals surface area (Å²) in [6.45, 7) is 5.66. The van der Waals surface area contributed by atoms with E-state index >= 15 is 0 Å². The summed E-state index contributed by atoms with van der Waals surface area (Å²) in [5.41, 5.74) is 1.83. The lowest BCUT2D eigenvalue weighted by molar-refractivity contribution is -0.121. The fourth-order valence-corrected chi connectivity index (χ4v) is 5.00. The van der Waals surface area contributed by atoms with E-state index in [9.17, 15) is 13.2 Å². The minimum Gasteiger partial charge on any atom is -0.496 e. The third-order valence-corrected chi connectivity index (χ3v) is 7.30. The molecule has 2 aromatic rings. The van der Waals surface area contributed by atoms with Crippen molar-refractivity contribution in [3.63, 3.8) is 0 Å². The van der Waals surface area contributed by atoms with Crippen LogP contribution in [-0.2, 0) is 26.0 Å². The second-order valence-corrected chi connectivity index (χ2v) is 10.0. The molecule has 0 aromatic heterocycles. The van der Waals surface area contributed by atoms with Crippen molar-refractivity contribution in [2.24, 2.45) is 0 Å². The van der Waals surface area contributed by atoms with Crippen LogP contribution in [0.15, 0.2) is 47.4 Å². The number of morpholine rings is 1. The van der Waals surface area contributed by atoms with Crippen molar-refractivity contribution in [1.82, 2.24) is 9.62 Å². The van der Waals surface area contributed by atoms with Gasteiger partial charge >= 0.3 is 0 Å². The maximum Gasteiger partial charge on any atom is 0.243 e. The van der Waals surface area contributed by atoms with Crippen LogP contribution in [-0.4, -0.2) is 64.7 Å². The predicted octanol–water partition coefficient (Wildman–Crippen LogP) is 2.54. The number of ether oxygens (including phenoxy) is 3. The Hall–Kier alpha value is -2.62. The van der Waals surface area contributed by atoms with Crippen molar-refractivity contribution in [3.8, 4) is 11.5 Å². The van der Waals surface area contributed by atoms with E-state index in [-0.39, 0.29) is 23.3 Å². The Balaban J connectivity index is 1.57. The predicted molar refractivity (Wildman–Crippen MR) is 125 cm³/mol. The van der Waals surface area contributed by atoms with Crippen LogP contribution in [0.25, 0.3) is 0 Å². The van der Waals surface area contributed by atoms with Crippen molar-refractivity contribution < 1.29 is 27.4 Å². The molecule has 8 nitrogen and oxygen atoms in total. The first-order valence-corrected chi connectivity index (χ1v) is 12.5. The molecule has 1 unspecified atom stereocenters. The quantitative estimate of drug-likeness (QED) is 0.566. The number of rotatable bonds is 10. The highest BCUT2D eigenvalue weighted by atomic mass is 32.2. The third-order valence-electron chi connectivity index (χ3n) is 5.41. The summed E-state index contributed by atoms with van der Waals surface area (Å²) in [7, 11) is -2.10. The standard InChI is InChI=1S/C24H32N2O6S/c1-18-4-7-21(8-5-18)32-17-19(2)25-24(27)11-6-20-16-22(9-10-23(20)30-3)33(28,29)26-12-14-31-15-13-26/h4-5,7-10,16,19H,6,11-15,17H2,1-3H3,(H,25,27). The number of sulfonamides is 1. The molecule has 1 aliphatic heterocycles. The van der Waals surface area contributed by atoms with Gasteiger partial charge in [0.05, 0.1) is 31.3 Å². The summed E-state index contributed by atoms with van der Waals surface area (Å²) in [5, 5.41) is 2.92. The van der Waals surface area contributed by atoms with Gasteiger partial charge in [-0.2, -0.15) is 4.31 Å². The topological polar surface area (TPSA) is 94.2 Å². The SMILES string of the molecule is COc1ccc(S(=O)(=O)N2CCOCC2)cc1CCC(=O)NC(C)COc1ccc(C)cc1. The number of hydrogen-bond acceptors (Lipinski definition) is 6. The minimum atomic E-state index is -3.62. The smallest absolute Gasteiger partial charge is 0.243 e. The average molecular weight is 477 g/mol. The van der Waals surface area contributed by atoms with Crippen molar-refractivity contribution >= 4 is 15.9 Å². The molecule has 1 amide bonds. The highest BCUT2D eigenvalue weighted by Crippen LogP contribution is 2.26. The Morgan fingerprint density at radius 1 is 1.15 bits per heavy atom. The zero-order valence-corrected chi connectivity index (χ0v) is 20.2. The number of benzene rings is 2. The second kappa shape index (κ2) is 11.5. The van der Waals surface area contributed by atoms with Crippen LogP contribution in [0.5, 0.6) is 11.5 Å². The summed E-state index contributed by atoms with van der Waals surface area (Å²) in [6.07, 6.45) is 0.555. The number of carbonyl (C=O) groups excluding carboxylic acids is 1. The Bertz CT molecular complexity index is 1030. The lowest BCUT2D eigenvalue weighted by atomic mass is 10.1. The van der Waals surface area contributed by atoms with Gasteiger partial charge in [-0.1, -0.05) is 17.7 Å². The van der Waals surface area contributed by atoms with E-state index in [1.807, 2.05) is 38.1 Å². The molecule has 0 bridgehead atoms. The van der Waals surface area contributed by atoms with E-state index in [4.69, 9.17) is 14.2 Å². The Labute approximate surface area is 195 Å². The summed E-state index contributed by atoms with van der Waals surface area (Å²) >= 11 is 0. The van der Waals surface area contributed by atoms with Gasteiger partial charge in [-0.25, -0.2) is 8.42 Å². The molecule has 1 fully saturated rings. The highest BCUT2D eigenvalue weighted by molar-refractivity contribution is 7.89. The van der Waals surface area contributed by atoms with E-state index in [0.717, 1.165) is 11.3 Å². The molecule has 1 heterocycles. The molecule has 1 atom stereocenters. The van der Waals surface area contributed by atoms with Gasteiger partial charge in [-0.3, -0.25) is 4.79 Å². The summed E-state index contributed by atoms with van der Waals surface area (Å²) in [5.74, 6) is 1.17. The van der Waals surface area contributed by atoms with Gasteiger partial charge in [0.15, 0.2) is 0 Å². The maximum absolute atomic E-state index is 13.0. The van der Waals surface area contributed by atoms with Crippen LogP contribution in [0.2, 0.25) is 0 Å². The number of hydrogen-bond donors (Lipinski definition) is 1. The van der Waals surface area contributed by atoms with Gasteiger partial charge in [0, 0.05) is 19.5 Å². The van der Waals surface area contributed by atoms with Gasteiger partial charge in [0.1, 0.15) is 18.1 Å². The second-order valence-electron chi connectivity index (χ2n) is 8.08. The van der Waals surface area contributed by atoms with E-state index < -0.39 is 10.0 Å². The maximum atomic E-state index is 13.0. The highest BCUT2D eigenvalue weighted by Gasteiger charge is 2.27. The third kappa shape index (κ3) is 6.93. The van der Waals surface area contributed by atoms with Crippen molar-refractivity contribution in [2.75, 3.05) is 40.0 Å². The lowest BCUT2D eigenvalue weighted by Gasteiger charge is -2.26. The average Bonchev–Trinajstić information content (AvgIpc) is 2.82. The van der Waals surface area contributed by atoms with E-state index in [1.165, 1.54) is 17.5 Å². The van der Waals surface area contributed by atoms with Crippen LogP contribution in [0.4, 0.5) is 0 Å². The van der Waals surface area contributed by atoms with Crippen molar-refractivity contribution in [1.29, 1.82) is 0 Å². The number of aryl methyl sites for hydroxylation is 2. The number of methoxy groups -OCH3 is 1. The molecule has 9 heteroatoms. The molecule has 1 N–H and O–H groups in total. The molecule has 0 aliphatic carbocycles. The molecule has 1 aliphatic rings. The first-order chi connectivity index (χ1) is 15.8. The summed E-state index contributed by atoms with van der Waals surface area (Å²) in [4.78, 5) is 12.7. The Kier molecular flexibility index (Phi) is 8.71. The molecule has 33 heavy (non-hydrogen) atoms. The number of carbonyl (C=O) groups is 1. The van der Waals surface area contributed by atoms with Crippen molar-refractivity contribution in [3.05, 3.63) is 53.6 Å². The number of nitrogens with one attached hydrogen (secondary N) is 1. The fourth-order valence-electron chi connectivity index (χ4n) is 3.54. The van der Waals surface area contributed by atoms with Gasteiger partial charge in [-0.15, -0.1) is 0 Å². The molecule has 2 aromatic carbocycles. The molecule has 3 rings (SSSR count). The Morgan fingerprint density at radius 3 is 2.52 bits per heavy atom. The van der Waals surface area contributed by atoms with Crippen LogP contribution in [0.3, 0.4) is 0 Å². The normalized spacial score (nSPS) is 15.6. The minimum absolute atomic E-state index is 0.140. The number of nitrogens with zero attached hydrogens (tertiary/aromatic N) is 1. The first-order valence-electron chi connectivity index (χ1n) is 11.0. The van der Waals surface area contributed by atoms with Gasteiger partial charge in [0.2, 0.25) is 15.9 Å². The first kappa shape index (κ1) is 25.0. The molecule has 180 valence electrons. The monoisotopic (exact) mass is 476 g/mol. The van der Waals surface area contributed by atoms with E-state index in [1.54, 1.807) is 12.1 Å². The lowest BCUT2D eigenvalue weighted by Crippen LogP contribution is -2.40. The van der Waals surface area contributed by atoms with Gasteiger partial charge in [0.25, 0.3) is 0 Å². The number of amides is 1. The van der Waals surface area contributed by atoms with E-state index in [2.05, 4.69) is 5.32 Å².